The summed E-state index contributed by atoms with van der Waals surface area (Å²) in [7, 11) is -4.37. The van der Waals surface area contributed by atoms with Crippen LogP contribution in [0.15, 0.2) is 46.2 Å². The van der Waals surface area contributed by atoms with Gasteiger partial charge in [0.1, 0.15) is 4.90 Å². The van der Waals surface area contributed by atoms with Crippen LogP contribution in [-0.4, -0.2) is 13.0 Å². The molecule has 0 amide bonds. The Morgan fingerprint density at radius 3 is 1.95 bits per heavy atom. The first-order chi connectivity index (χ1) is 9.86. The summed E-state index contributed by atoms with van der Waals surface area (Å²) in [4.78, 5) is 0.395. The van der Waals surface area contributed by atoms with E-state index in [1.165, 1.54) is 6.07 Å². The van der Waals surface area contributed by atoms with Crippen molar-refractivity contribution >= 4 is 45.9 Å². The summed E-state index contributed by atoms with van der Waals surface area (Å²) in [5.41, 5.74) is 2.45. The molecule has 0 aromatic heterocycles. The van der Waals surface area contributed by atoms with Crippen molar-refractivity contribution in [2.75, 3.05) is 0 Å². The first-order valence-corrected chi connectivity index (χ1v) is 8.87. The Balaban J connectivity index is 2.69. The number of alkyl halides is 2. The van der Waals surface area contributed by atoms with Crippen LogP contribution in [0.25, 0.3) is 11.1 Å². The third kappa shape index (κ3) is 3.73. The van der Waals surface area contributed by atoms with Gasteiger partial charge in [0, 0.05) is 22.2 Å². The van der Waals surface area contributed by atoms with E-state index in [1.807, 2.05) is 0 Å². The molecule has 0 aliphatic rings. The van der Waals surface area contributed by atoms with Crippen molar-refractivity contribution in [2.45, 2.75) is 21.6 Å². The molecule has 0 saturated heterocycles. The molecule has 3 nitrogen and oxygen atoms in total. The lowest BCUT2D eigenvalue weighted by Gasteiger charge is -2.12. The molecule has 0 spiro atoms. The molecule has 7 heteroatoms. The van der Waals surface area contributed by atoms with E-state index >= 15 is 0 Å². The summed E-state index contributed by atoms with van der Waals surface area (Å²) in [5.74, 6) is 0.492. The highest BCUT2D eigenvalue weighted by Crippen LogP contribution is 2.33. The Hall–Kier alpha value is -0.720. The Kier molecular flexibility index (Phi) is 5.22. The Labute approximate surface area is 139 Å². The predicted molar refractivity (Wildman–Crippen MR) is 88.1 cm³/mol. The van der Waals surface area contributed by atoms with Crippen LogP contribution in [0.4, 0.5) is 0 Å². The molecule has 21 heavy (non-hydrogen) atoms. The van der Waals surface area contributed by atoms with Gasteiger partial charge in [0.2, 0.25) is 0 Å². The maximum absolute atomic E-state index is 11.6. The van der Waals surface area contributed by atoms with Gasteiger partial charge >= 0.3 is 0 Å². The summed E-state index contributed by atoms with van der Waals surface area (Å²) in [6.45, 7) is 0. The molecule has 2 aromatic rings. The average Bonchev–Trinajstić information content (AvgIpc) is 2.45. The second-order valence-corrected chi connectivity index (χ2v) is 6.83. The SMILES string of the molecule is O=S(=O)(O)c1cc(CCl)ccc1-c1ccc(CCl)cc1S. The van der Waals surface area contributed by atoms with E-state index in [0.717, 1.165) is 5.56 Å². The van der Waals surface area contributed by atoms with Gasteiger partial charge in [0.05, 0.1) is 0 Å². The molecule has 0 saturated carbocycles. The first-order valence-electron chi connectivity index (χ1n) is 5.91. The zero-order valence-corrected chi connectivity index (χ0v) is 14.0. The minimum atomic E-state index is -4.37. The fourth-order valence-electron chi connectivity index (χ4n) is 1.97. The minimum absolute atomic E-state index is 0.154. The molecule has 0 aliphatic carbocycles. The van der Waals surface area contributed by atoms with Crippen LogP contribution >= 0.6 is 35.8 Å². The fraction of sp³-hybridized carbons (Fsp3) is 0.143. The van der Waals surface area contributed by atoms with E-state index in [0.29, 0.717) is 27.5 Å². The van der Waals surface area contributed by atoms with Crippen molar-refractivity contribution in [1.82, 2.24) is 0 Å². The van der Waals surface area contributed by atoms with Gasteiger partial charge in [-0.05, 0) is 28.8 Å². The Morgan fingerprint density at radius 1 is 0.952 bits per heavy atom. The zero-order valence-electron chi connectivity index (χ0n) is 10.8. The van der Waals surface area contributed by atoms with Crippen LogP contribution in [0.5, 0.6) is 0 Å². The minimum Gasteiger partial charge on any atom is -0.282 e. The molecular weight excluding hydrogens is 351 g/mol. The molecular formula is C14H12Cl2O3S2. The van der Waals surface area contributed by atoms with Crippen molar-refractivity contribution < 1.29 is 13.0 Å². The molecule has 112 valence electrons. The van der Waals surface area contributed by atoms with Gasteiger partial charge < -0.3 is 0 Å². The van der Waals surface area contributed by atoms with Crippen LogP contribution in [-0.2, 0) is 21.9 Å². The van der Waals surface area contributed by atoms with Gasteiger partial charge in [-0.1, -0.05) is 24.3 Å². The van der Waals surface area contributed by atoms with E-state index in [2.05, 4.69) is 12.6 Å². The molecule has 2 rings (SSSR count). The van der Waals surface area contributed by atoms with Crippen LogP contribution in [0.2, 0.25) is 0 Å². The van der Waals surface area contributed by atoms with Crippen molar-refractivity contribution in [3.63, 3.8) is 0 Å². The largest absolute Gasteiger partial charge is 0.295 e. The topological polar surface area (TPSA) is 54.4 Å². The summed E-state index contributed by atoms with van der Waals surface area (Å²) in [5, 5.41) is 0. The molecule has 0 aliphatic heterocycles. The van der Waals surface area contributed by atoms with Crippen LogP contribution < -0.4 is 0 Å². The van der Waals surface area contributed by atoms with Gasteiger partial charge in [-0.2, -0.15) is 8.42 Å². The molecule has 0 heterocycles. The molecule has 0 fully saturated rings. The van der Waals surface area contributed by atoms with Gasteiger partial charge in [0.25, 0.3) is 10.1 Å². The van der Waals surface area contributed by atoms with E-state index in [4.69, 9.17) is 23.2 Å². The van der Waals surface area contributed by atoms with E-state index in [9.17, 15) is 13.0 Å². The van der Waals surface area contributed by atoms with Crippen molar-refractivity contribution in [2.24, 2.45) is 0 Å². The predicted octanol–water partition coefficient (Wildman–Crippen LogP) is 4.37. The number of benzene rings is 2. The molecule has 0 unspecified atom stereocenters. The molecule has 1 N–H and O–H groups in total. The van der Waals surface area contributed by atoms with E-state index in [-0.39, 0.29) is 10.8 Å². The Morgan fingerprint density at radius 2 is 1.48 bits per heavy atom. The average molecular weight is 363 g/mol. The number of hydrogen-bond acceptors (Lipinski definition) is 3. The van der Waals surface area contributed by atoms with Crippen LogP contribution in [0.3, 0.4) is 0 Å². The fourth-order valence-corrected chi connectivity index (χ4v) is 3.42. The maximum atomic E-state index is 11.6. The second-order valence-electron chi connectivity index (χ2n) is 4.42. The van der Waals surface area contributed by atoms with Crippen molar-refractivity contribution in [1.29, 1.82) is 0 Å². The van der Waals surface area contributed by atoms with Crippen molar-refractivity contribution in [3.8, 4) is 11.1 Å². The lowest BCUT2D eigenvalue weighted by molar-refractivity contribution is 0.483. The van der Waals surface area contributed by atoms with Crippen LogP contribution in [0.1, 0.15) is 11.1 Å². The van der Waals surface area contributed by atoms with Crippen molar-refractivity contribution in [3.05, 3.63) is 47.5 Å². The highest BCUT2D eigenvalue weighted by atomic mass is 35.5. The molecule has 0 bridgehead atoms. The number of halogens is 2. The summed E-state index contributed by atoms with van der Waals surface area (Å²) < 4.78 is 32.6. The number of hydrogen-bond donors (Lipinski definition) is 2. The smallest absolute Gasteiger partial charge is 0.282 e. The second kappa shape index (κ2) is 6.58. The van der Waals surface area contributed by atoms with Gasteiger partial charge in [-0.3, -0.25) is 4.55 Å². The monoisotopic (exact) mass is 362 g/mol. The Bertz CT molecular complexity index is 774. The third-order valence-corrected chi connectivity index (χ3v) is 4.87. The zero-order chi connectivity index (χ0) is 15.6. The normalized spacial score (nSPS) is 11.6. The van der Waals surface area contributed by atoms with Gasteiger partial charge in [-0.15, -0.1) is 35.8 Å². The highest BCUT2D eigenvalue weighted by Gasteiger charge is 2.18. The standard InChI is InChI=1S/C14H12Cl2O3S2/c15-7-9-1-3-11(13(20)5-9)12-4-2-10(8-16)6-14(12)21(17,18)19/h1-6,20H,7-8H2,(H,17,18,19). The van der Waals surface area contributed by atoms with Gasteiger partial charge in [0.15, 0.2) is 0 Å². The summed E-state index contributed by atoms with van der Waals surface area (Å²) in [6.07, 6.45) is 0. The molecule has 0 atom stereocenters. The van der Waals surface area contributed by atoms with E-state index < -0.39 is 10.1 Å². The molecule has 2 aromatic carbocycles. The van der Waals surface area contributed by atoms with Gasteiger partial charge in [-0.25, -0.2) is 0 Å². The van der Waals surface area contributed by atoms with E-state index in [1.54, 1.807) is 30.3 Å². The maximum Gasteiger partial charge on any atom is 0.295 e. The lowest BCUT2D eigenvalue weighted by atomic mass is 10.0. The molecule has 0 radical (unpaired) electrons. The summed E-state index contributed by atoms with van der Waals surface area (Å²) in [6, 6.07) is 9.95. The number of thiol groups is 1. The highest BCUT2D eigenvalue weighted by molar-refractivity contribution is 7.86. The van der Waals surface area contributed by atoms with Crippen LogP contribution in [0, 0.1) is 0 Å². The summed E-state index contributed by atoms with van der Waals surface area (Å²) >= 11 is 15.8. The lowest BCUT2D eigenvalue weighted by Crippen LogP contribution is -2.02. The quantitative estimate of drug-likeness (QED) is 0.482. The first kappa shape index (κ1) is 16.6. The third-order valence-electron chi connectivity index (χ3n) is 2.98. The number of rotatable bonds is 4.